The summed E-state index contributed by atoms with van der Waals surface area (Å²) < 4.78 is 0. The number of hydrogen-bond donors (Lipinski definition) is 1. The van der Waals surface area contributed by atoms with Crippen molar-refractivity contribution in [3.63, 3.8) is 0 Å². The Morgan fingerprint density at radius 3 is 2.20 bits per heavy atom. The second-order valence-corrected chi connectivity index (χ2v) is 3.17. The van der Waals surface area contributed by atoms with Crippen molar-refractivity contribution >= 4 is 0 Å². The third kappa shape index (κ3) is 4.57. The van der Waals surface area contributed by atoms with Crippen molar-refractivity contribution in [1.82, 2.24) is 0 Å². The Labute approximate surface area is 63.8 Å². The summed E-state index contributed by atoms with van der Waals surface area (Å²) >= 11 is 0. The highest BCUT2D eigenvalue weighted by Gasteiger charge is 2.03. The first kappa shape index (κ1) is 9.70. The van der Waals surface area contributed by atoms with Gasteiger partial charge in [0.15, 0.2) is 0 Å². The van der Waals surface area contributed by atoms with Gasteiger partial charge in [-0.05, 0) is 32.6 Å². The number of aliphatic hydroxyl groups is 1. The molecule has 10 heavy (non-hydrogen) atoms. The van der Waals surface area contributed by atoms with Crippen LogP contribution in [0.25, 0.3) is 0 Å². The zero-order valence-electron chi connectivity index (χ0n) is 7.22. The highest BCUT2D eigenvalue weighted by molar-refractivity contribution is 4.93. The predicted molar refractivity (Wildman–Crippen MR) is 44.9 cm³/mol. The average molecular weight is 142 g/mol. The molecule has 0 fully saturated rings. The highest BCUT2D eigenvalue weighted by Crippen LogP contribution is 2.14. The summed E-state index contributed by atoms with van der Waals surface area (Å²) in [5.41, 5.74) is 1.21. The quantitative estimate of drug-likeness (QED) is 0.597. The SMILES string of the molecule is C=C(C)[C@H](C)CCC(C)O. The van der Waals surface area contributed by atoms with Crippen LogP contribution in [0.15, 0.2) is 12.2 Å². The van der Waals surface area contributed by atoms with Gasteiger partial charge in [-0.2, -0.15) is 0 Å². The summed E-state index contributed by atoms with van der Waals surface area (Å²) in [6.45, 7) is 9.85. The van der Waals surface area contributed by atoms with E-state index < -0.39 is 0 Å². The first-order chi connectivity index (χ1) is 4.54. The summed E-state index contributed by atoms with van der Waals surface area (Å²) in [6, 6.07) is 0. The maximum Gasteiger partial charge on any atom is 0.0512 e. The molecule has 60 valence electrons. The molecule has 0 aromatic heterocycles. The number of aliphatic hydroxyl groups excluding tert-OH is 1. The molecule has 0 aliphatic carbocycles. The van der Waals surface area contributed by atoms with Crippen molar-refractivity contribution in [2.75, 3.05) is 0 Å². The molecule has 0 aliphatic rings. The van der Waals surface area contributed by atoms with Crippen molar-refractivity contribution < 1.29 is 5.11 Å². The smallest absolute Gasteiger partial charge is 0.0512 e. The van der Waals surface area contributed by atoms with Gasteiger partial charge in [-0.1, -0.05) is 19.1 Å². The maximum absolute atomic E-state index is 8.95. The summed E-state index contributed by atoms with van der Waals surface area (Å²) in [7, 11) is 0. The summed E-state index contributed by atoms with van der Waals surface area (Å²) in [4.78, 5) is 0. The zero-order valence-corrected chi connectivity index (χ0v) is 7.22. The Morgan fingerprint density at radius 2 is 1.90 bits per heavy atom. The van der Waals surface area contributed by atoms with Crippen LogP contribution in [0.1, 0.15) is 33.6 Å². The van der Waals surface area contributed by atoms with Gasteiger partial charge in [-0.3, -0.25) is 0 Å². The molecule has 0 spiro atoms. The Kier molecular flexibility index (Phi) is 4.37. The van der Waals surface area contributed by atoms with Gasteiger partial charge in [0.05, 0.1) is 6.10 Å². The fourth-order valence-corrected chi connectivity index (χ4v) is 0.738. The zero-order chi connectivity index (χ0) is 8.15. The van der Waals surface area contributed by atoms with Crippen LogP contribution in [-0.2, 0) is 0 Å². The molecular formula is C9H18O. The minimum absolute atomic E-state index is 0.165. The van der Waals surface area contributed by atoms with Crippen molar-refractivity contribution in [2.24, 2.45) is 5.92 Å². The lowest BCUT2D eigenvalue weighted by Gasteiger charge is -2.11. The predicted octanol–water partition coefficient (Wildman–Crippen LogP) is 2.36. The molecule has 1 unspecified atom stereocenters. The van der Waals surface area contributed by atoms with Crippen LogP contribution in [0.4, 0.5) is 0 Å². The largest absolute Gasteiger partial charge is 0.393 e. The van der Waals surface area contributed by atoms with Gasteiger partial charge in [-0.25, -0.2) is 0 Å². The van der Waals surface area contributed by atoms with Crippen LogP contribution in [0.5, 0.6) is 0 Å². The van der Waals surface area contributed by atoms with E-state index in [1.807, 2.05) is 13.8 Å². The minimum atomic E-state index is -0.165. The standard InChI is InChI=1S/C9H18O/c1-7(2)8(3)5-6-9(4)10/h8-10H,1,5-6H2,2-4H3/t8-,9?/m1/s1. The van der Waals surface area contributed by atoms with Gasteiger partial charge in [0.25, 0.3) is 0 Å². The Bertz CT molecular complexity index is 105. The van der Waals surface area contributed by atoms with E-state index in [1.54, 1.807) is 0 Å². The molecule has 0 heterocycles. The Morgan fingerprint density at radius 1 is 1.40 bits per heavy atom. The van der Waals surface area contributed by atoms with Crippen molar-refractivity contribution in [3.05, 3.63) is 12.2 Å². The number of allylic oxidation sites excluding steroid dienone is 1. The third-order valence-corrected chi connectivity index (χ3v) is 1.86. The Hall–Kier alpha value is -0.300. The molecule has 0 aromatic carbocycles. The lowest BCUT2D eigenvalue weighted by atomic mass is 9.97. The molecule has 0 aliphatic heterocycles. The van der Waals surface area contributed by atoms with Crippen LogP contribution in [-0.4, -0.2) is 11.2 Å². The molecule has 0 rings (SSSR count). The third-order valence-electron chi connectivity index (χ3n) is 1.86. The van der Waals surface area contributed by atoms with Crippen LogP contribution < -0.4 is 0 Å². The van der Waals surface area contributed by atoms with Crippen molar-refractivity contribution in [1.29, 1.82) is 0 Å². The van der Waals surface area contributed by atoms with E-state index in [-0.39, 0.29) is 6.10 Å². The minimum Gasteiger partial charge on any atom is -0.393 e. The van der Waals surface area contributed by atoms with E-state index in [0.29, 0.717) is 5.92 Å². The van der Waals surface area contributed by atoms with Gasteiger partial charge < -0.3 is 5.11 Å². The van der Waals surface area contributed by atoms with Gasteiger partial charge in [-0.15, -0.1) is 0 Å². The highest BCUT2D eigenvalue weighted by atomic mass is 16.3. The maximum atomic E-state index is 8.95. The topological polar surface area (TPSA) is 20.2 Å². The molecule has 0 bridgehead atoms. The van der Waals surface area contributed by atoms with Crippen LogP contribution in [0.2, 0.25) is 0 Å². The van der Waals surface area contributed by atoms with Crippen molar-refractivity contribution in [3.8, 4) is 0 Å². The van der Waals surface area contributed by atoms with E-state index >= 15 is 0 Å². The average Bonchev–Trinajstić information content (AvgIpc) is 1.82. The van der Waals surface area contributed by atoms with Crippen molar-refractivity contribution in [2.45, 2.75) is 39.7 Å². The van der Waals surface area contributed by atoms with Gasteiger partial charge in [0.1, 0.15) is 0 Å². The first-order valence-electron chi connectivity index (χ1n) is 3.87. The first-order valence-corrected chi connectivity index (χ1v) is 3.87. The van der Waals surface area contributed by atoms with E-state index in [9.17, 15) is 0 Å². The van der Waals surface area contributed by atoms with Gasteiger partial charge >= 0.3 is 0 Å². The van der Waals surface area contributed by atoms with E-state index in [2.05, 4.69) is 13.5 Å². The molecule has 0 amide bonds. The van der Waals surface area contributed by atoms with E-state index in [0.717, 1.165) is 12.8 Å². The normalized spacial score (nSPS) is 16.4. The van der Waals surface area contributed by atoms with Gasteiger partial charge in [0, 0.05) is 0 Å². The fourth-order valence-electron chi connectivity index (χ4n) is 0.738. The van der Waals surface area contributed by atoms with E-state index in [1.165, 1.54) is 5.57 Å². The van der Waals surface area contributed by atoms with E-state index in [4.69, 9.17) is 5.11 Å². The molecule has 0 radical (unpaired) electrons. The summed E-state index contributed by atoms with van der Waals surface area (Å²) in [5.74, 6) is 0.551. The second kappa shape index (κ2) is 4.51. The monoisotopic (exact) mass is 142 g/mol. The Balaban J connectivity index is 3.40. The lowest BCUT2D eigenvalue weighted by molar-refractivity contribution is 0.177. The van der Waals surface area contributed by atoms with Gasteiger partial charge in [0.2, 0.25) is 0 Å². The van der Waals surface area contributed by atoms with Crippen LogP contribution in [0.3, 0.4) is 0 Å². The molecular weight excluding hydrogens is 124 g/mol. The molecule has 1 nitrogen and oxygen atoms in total. The summed E-state index contributed by atoms with van der Waals surface area (Å²) in [5, 5.41) is 8.95. The van der Waals surface area contributed by atoms with Crippen LogP contribution in [0, 0.1) is 5.92 Å². The second-order valence-electron chi connectivity index (χ2n) is 3.17. The number of rotatable bonds is 4. The summed E-state index contributed by atoms with van der Waals surface area (Å²) in [6.07, 6.45) is 1.77. The fraction of sp³-hybridized carbons (Fsp3) is 0.778. The molecule has 1 heteroatoms. The lowest BCUT2D eigenvalue weighted by Crippen LogP contribution is -2.03. The van der Waals surface area contributed by atoms with Crippen LogP contribution >= 0.6 is 0 Å². The molecule has 0 aromatic rings. The molecule has 0 saturated heterocycles. The number of hydrogen-bond acceptors (Lipinski definition) is 1. The molecule has 0 saturated carbocycles. The molecule has 2 atom stereocenters. The molecule has 1 N–H and O–H groups in total.